The zero-order chi connectivity index (χ0) is 15.6. The summed E-state index contributed by atoms with van der Waals surface area (Å²) in [5.41, 5.74) is 7.32. The molecule has 0 amide bonds. The van der Waals surface area contributed by atoms with Gasteiger partial charge in [0.1, 0.15) is 0 Å². The Morgan fingerprint density at radius 1 is 1.14 bits per heavy atom. The lowest BCUT2D eigenvalue weighted by atomic mass is 10.1. The Morgan fingerprint density at radius 2 is 1.81 bits per heavy atom. The maximum Gasteiger partial charge on any atom is 0.416 e. The minimum Gasteiger partial charge on any atom is -0.398 e. The molecule has 0 heterocycles. The molecule has 2 aromatic rings. The lowest BCUT2D eigenvalue weighted by Gasteiger charge is -2.19. The highest BCUT2D eigenvalue weighted by atomic mass is 79.9. The molecular formula is C15H14BrF3N2. The van der Waals surface area contributed by atoms with Gasteiger partial charge in [-0.25, -0.2) is 0 Å². The van der Waals surface area contributed by atoms with Crippen LogP contribution in [0.4, 0.5) is 24.5 Å². The van der Waals surface area contributed by atoms with E-state index in [1.54, 1.807) is 6.07 Å². The van der Waals surface area contributed by atoms with Gasteiger partial charge in [0, 0.05) is 15.8 Å². The first-order chi connectivity index (χ1) is 9.79. The largest absolute Gasteiger partial charge is 0.416 e. The van der Waals surface area contributed by atoms with Crippen molar-refractivity contribution in [1.82, 2.24) is 0 Å². The number of alkyl halides is 3. The molecule has 0 bridgehead atoms. The van der Waals surface area contributed by atoms with Gasteiger partial charge in [0.2, 0.25) is 0 Å². The molecule has 3 N–H and O–H groups in total. The first kappa shape index (κ1) is 15.7. The minimum atomic E-state index is -4.35. The predicted octanol–water partition coefficient (Wildman–Crippen LogP) is 5.22. The quantitative estimate of drug-likeness (QED) is 0.737. The Kier molecular flexibility index (Phi) is 4.46. The van der Waals surface area contributed by atoms with Crippen molar-refractivity contribution in [3.63, 3.8) is 0 Å². The fraction of sp³-hybridized carbons (Fsp3) is 0.200. The summed E-state index contributed by atoms with van der Waals surface area (Å²) in [5, 5.41) is 3.15. The van der Waals surface area contributed by atoms with E-state index in [4.69, 9.17) is 5.73 Å². The van der Waals surface area contributed by atoms with E-state index in [0.29, 0.717) is 15.8 Å². The van der Waals surface area contributed by atoms with E-state index in [2.05, 4.69) is 21.2 Å². The van der Waals surface area contributed by atoms with E-state index in [1.165, 1.54) is 6.07 Å². The smallest absolute Gasteiger partial charge is 0.398 e. The zero-order valence-corrected chi connectivity index (χ0v) is 12.8. The average molecular weight is 359 g/mol. The number of benzene rings is 2. The normalized spacial score (nSPS) is 13.0. The van der Waals surface area contributed by atoms with E-state index in [-0.39, 0.29) is 6.04 Å². The molecule has 0 saturated carbocycles. The number of nitrogens with one attached hydrogen (secondary N) is 1. The standard InChI is InChI=1S/C15H14BrF3N2/c1-9(11-4-2-3-5-13(11)20)21-14-7-6-10(8-12(14)16)15(17,18)19/h2-9,21H,20H2,1H3. The molecule has 0 radical (unpaired) electrons. The lowest BCUT2D eigenvalue weighted by molar-refractivity contribution is -0.137. The fourth-order valence-electron chi connectivity index (χ4n) is 2.02. The molecular weight excluding hydrogens is 345 g/mol. The SMILES string of the molecule is CC(Nc1ccc(C(F)(F)F)cc1Br)c1ccccc1N. The summed E-state index contributed by atoms with van der Waals surface area (Å²) in [4.78, 5) is 0. The number of hydrogen-bond acceptors (Lipinski definition) is 2. The number of para-hydroxylation sites is 1. The van der Waals surface area contributed by atoms with Gasteiger partial charge in [-0.15, -0.1) is 0 Å². The van der Waals surface area contributed by atoms with Crippen LogP contribution in [0.2, 0.25) is 0 Å². The van der Waals surface area contributed by atoms with Crippen LogP contribution in [0.5, 0.6) is 0 Å². The Bertz CT molecular complexity index is 641. The molecule has 0 saturated heterocycles. The van der Waals surface area contributed by atoms with Crippen LogP contribution >= 0.6 is 15.9 Å². The lowest BCUT2D eigenvalue weighted by Crippen LogP contribution is -2.10. The molecule has 2 aromatic carbocycles. The first-order valence-corrected chi connectivity index (χ1v) is 7.06. The van der Waals surface area contributed by atoms with E-state index in [1.807, 2.05) is 25.1 Å². The Hall–Kier alpha value is -1.69. The first-order valence-electron chi connectivity index (χ1n) is 6.26. The second-order valence-corrected chi connectivity index (χ2v) is 5.54. The van der Waals surface area contributed by atoms with Crippen LogP contribution in [-0.4, -0.2) is 0 Å². The van der Waals surface area contributed by atoms with Crippen LogP contribution in [0.1, 0.15) is 24.1 Å². The molecule has 21 heavy (non-hydrogen) atoms. The van der Waals surface area contributed by atoms with Gasteiger partial charge < -0.3 is 11.1 Å². The topological polar surface area (TPSA) is 38.0 Å². The van der Waals surface area contributed by atoms with Gasteiger partial charge in [0.25, 0.3) is 0 Å². The van der Waals surface area contributed by atoms with Crippen molar-refractivity contribution in [2.75, 3.05) is 11.1 Å². The Morgan fingerprint density at radius 3 is 2.38 bits per heavy atom. The molecule has 2 nitrogen and oxygen atoms in total. The summed E-state index contributed by atoms with van der Waals surface area (Å²) >= 11 is 3.17. The second-order valence-electron chi connectivity index (χ2n) is 4.69. The second kappa shape index (κ2) is 5.97. The van der Waals surface area contributed by atoms with Crippen LogP contribution in [-0.2, 0) is 6.18 Å². The Balaban J connectivity index is 2.23. The Labute approximate surface area is 129 Å². The van der Waals surface area contributed by atoms with Gasteiger partial charge in [-0.1, -0.05) is 18.2 Å². The van der Waals surface area contributed by atoms with E-state index in [0.717, 1.165) is 17.7 Å². The van der Waals surface area contributed by atoms with Crippen molar-refractivity contribution in [2.24, 2.45) is 0 Å². The molecule has 0 aliphatic rings. The van der Waals surface area contributed by atoms with Crippen molar-refractivity contribution in [3.8, 4) is 0 Å². The van der Waals surface area contributed by atoms with Gasteiger partial charge in [0.15, 0.2) is 0 Å². The van der Waals surface area contributed by atoms with E-state index >= 15 is 0 Å². The number of nitrogens with two attached hydrogens (primary N) is 1. The van der Waals surface area contributed by atoms with Crippen LogP contribution in [0, 0.1) is 0 Å². The van der Waals surface area contributed by atoms with Crippen molar-refractivity contribution in [3.05, 3.63) is 58.1 Å². The minimum absolute atomic E-state index is 0.126. The van der Waals surface area contributed by atoms with Crippen LogP contribution < -0.4 is 11.1 Å². The molecule has 6 heteroatoms. The molecule has 112 valence electrons. The third-order valence-electron chi connectivity index (χ3n) is 3.13. The zero-order valence-electron chi connectivity index (χ0n) is 11.2. The highest BCUT2D eigenvalue weighted by molar-refractivity contribution is 9.10. The molecule has 2 rings (SSSR count). The van der Waals surface area contributed by atoms with E-state index < -0.39 is 11.7 Å². The van der Waals surface area contributed by atoms with E-state index in [9.17, 15) is 13.2 Å². The monoisotopic (exact) mass is 358 g/mol. The summed E-state index contributed by atoms with van der Waals surface area (Å²) < 4.78 is 38.2. The third-order valence-corrected chi connectivity index (χ3v) is 3.79. The van der Waals surface area contributed by atoms with Gasteiger partial charge >= 0.3 is 6.18 Å². The molecule has 0 fully saturated rings. The van der Waals surface area contributed by atoms with Crippen molar-refractivity contribution in [2.45, 2.75) is 19.1 Å². The maximum atomic E-state index is 12.6. The molecule has 1 unspecified atom stereocenters. The average Bonchev–Trinajstić information content (AvgIpc) is 2.40. The van der Waals surface area contributed by atoms with Crippen LogP contribution in [0.25, 0.3) is 0 Å². The summed E-state index contributed by atoms with van der Waals surface area (Å²) in [5.74, 6) is 0. The number of nitrogen functional groups attached to an aromatic ring is 1. The van der Waals surface area contributed by atoms with Crippen molar-refractivity contribution < 1.29 is 13.2 Å². The number of rotatable bonds is 3. The number of halogens is 4. The molecule has 0 aliphatic heterocycles. The highest BCUT2D eigenvalue weighted by Crippen LogP contribution is 2.35. The van der Waals surface area contributed by atoms with Gasteiger partial charge in [-0.2, -0.15) is 13.2 Å². The van der Waals surface area contributed by atoms with Crippen LogP contribution in [0.3, 0.4) is 0 Å². The highest BCUT2D eigenvalue weighted by Gasteiger charge is 2.30. The molecule has 0 aliphatic carbocycles. The maximum absolute atomic E-state index is 12.6. The fourth-order valence-corrected chi connectivity index (χ4v) is 2.52. The van der Waals surface area contributed by atoms with Gasteiger partial charge in [-0.3, -0.25) is 0 Å². The molecule has 1 atom stereocenters. The van der Waals surface area contributed by atoms with Crippen LogP contribution in [0.15, 0.2) is 46.9 Å². The van der Waals surface area contributed by atoms with Gasteiger partial charge in [0.05, 0.1) is 11.6 Å². The number of anilines is 2. The molecule has 0 aromatic heterocycles. The van der Waals surface area contributed by atoms with Crippen molar-refractivity contribution in [1.29, 1.82) is 0 Å². The summed E-state index contributed by atoms with van der Waals surface area (Å²) in [6.07, 6.45) is -4.35. The molecule has 0 spiro atoms. The predicted molar refractivity (Wildman–Crippen MR) is 82.0 cm³/mol. The summed E-state index contributed by atoms with van der Waals surface area (Å²) in [6, 6.07) is 10.8. The van der Waals surface area contributed by atoms with Crippen molar-refractivity contribution >= 4 is 27.3 Å². The third kappa shape index (κ3) is 3.69. The summed E-state index contributed by atoms with van der Waals surface area (Å²) in [7, 11) is 0. The number of hydrogen-bond donors (Lipinski definition) is 2. The summed E-state index contributed by atoms with van der Waals surface area (Å²) in [6.45, 7) is 1.90. The van der Waals surface area contributed by atoms with Gasteiger partial charge in [-0.05, 0) is 52.7 Å².